The molecule has 28 heavy (non-hydrogen) atoms. The molecule has 1 aliphatic heterocycles. The van der Waals surface area contributed by atoms with Crippen molar-refractivity contribution in [2.24, 2.45) is 11.8 Å². The quantitative estimate of drug-likeness (QED) is 0.693. The summed E-state index contributed by atoms with van der Waals surface area (Å²) in [5, 5.41) is 5.83. The summed E-state index contributed by atoms with van der Waals surface area (Å²) in [6, 6.07) is 2.27. The lowest BCUT2D eigenvalue weighted by molar-refractivity contribution is -0.138. The fraction of sp³-hybridized carbons (Fsp3) is 0.632. The number of pyridine rings is 1. The number of piperidine rings is 1. The molecule has 2 amide bonds. The third-order valence-corrected chi connectivity index (χ3v) is 5.15. The van der Waals surface area contributed by atoms with Gasteiger partial charge in [0.15, 0.2) is 0 Å². The molecule has 2 aliphatic rings. The Morgan fingerprint density at radius 1 is 1.07 bits per heavy atom. The Bertz CT molecular complexity index is 681. The van der Waals surface area contributed by atoms with Crippen LogP contribution in [0.25, 0.3) is 0 Å². The number of aromatic nitrogens is 1. The SMILES string of the molecule is O=C(NCCCNc1ccc(C(F)(F)F)cn1)C1CCN(C(=O)C2CC2)CC1. The standard InChI is InChI=1S/C19H25F3N4O2/c20-19(21,22)15-4-5-16(25-12-15)23-8-1-9-24-17(27)13-6-10-26(11-7-13)18(28)14-2-3-14/h4-5,12-14H,1-3,6-11H2,(H,23,25)(H,24,27). The van der Waals surface area contributed by atoms with Crippen LogP contribution in [0.4, 0.5) is 19.0 Å². The zero-order chi connectivity index (χ0) is 20.1. The van der Waals surface area contributed by atoms with Crippen molar-refractivity contribution in [3.05, 3.63) is 23.9 Å². The first kappa shape index (κ1) is 20.4. The monoisotopic (exact) mass is 398 g/mol. The van der Waals surface area contributed by atoms with Crippen LogP contribution in [0, 0.1) is 11.8 Å². The molecule has 2 heterocycles. The zero-order valence-corrected chi connectivity index (χ0v) is 15.6. The average Bonchev–Trinajstić information content (AvgIpc) is 3.52. The minimum Gasteiger partial charge on any atom is -0.370 e. The van der Waals surface area contributed by atoms with E-state index in [1.165, 1.54) is 6.07 Å². The van der Waals surface area contributed by atoms with Crippen LogP contribution in [0.15, 0.2) is 18.3 Å². The van der Waals surface area contributed by atoms with E-state index in [1.807, 2.05) is 4.90 Å². The van der Waals surface area contributed by atoms with Gasteiger partial charge in [0.2, 0.25) is 11.8 Å². The van der Waals surface area contributed by atoms with Gasteiger partial charge in [0.1, 0.15) is 5.82 Å². The molecule has 0 aromatic carbocycles. The highest BCUT2D eigenvalue weighted by Crippen LogP contribution is 2.32. The van der Waals surface area contributed by atoms with Gasteiger partial charge < -0.3 is 15.5 Å². The zero-order valence-electron chi connectivity index (χ0n) is 15.6. The number of likely N-dealkylation sites (tertiary alicyclic amines) is 1. The van der Waals surface area contributed by atoms with E-state index >= 15 is 0 Å². The van der Waals surface area contributed by atoms with Crippen LogP contribution >= 0.6 is 0 Å². The number of halogens is 3. The van der Waals surface area contributed by atoms with Crippen LogP contribution in [-0.4, -0.2) is 47.9 Å². The van der Waals surface area contributed by atoms with Crippen LogP contribution in [0.5, 0.6) is 0 Å². The van der Waals surface area contributed by atoms with E-state index in [0.29, 0.717) is 51.3 Å². The van der Waals surface area contributed by atoms with Crippen molar-refractivity contribution in [1.29, 1.82) is 0 Å². The molecular formula is C19H25F3N4O2. The molecule has 3 rings (SSSR count). The number of carbonyl (C=O) groups excluding carboxylic acids is 2. The second-order valence-corrected chi connectivity index (χ2v) is 7.38. The third-order valence-electron chi connectivity index (χ3n) is 5.15. The van der Waals surface area contributed by atoms with Crippen molar-refractivity contribution in [2.75, 3.05) is 31.5 Å². The highest BCUT2D eigenvalue weighted by molar-refractivity contribution is 5.82. The van der Waals surface area contributed by atoms with Gasteiger partial charge in [-0.25, -0.2) is 4.98 Å². The lowest BCUT2D eigenvalue weighted by Crippen LogP contribution is -2.43. The molecule has 1 aromatic rings. The Morgan fingerprint density at radius 2 is 1.79 bits per heavy atom. The third kappa shape index (κ3) is 5.59. The van der Waals surface area contributed by atoms with Crippen LogP contribution in [-0.2, 0) is 15.8 Å². The molecule has 0 unspecified atom stereocenters. The Kier molecular flexibility index (Phi) is 6.41. The van der Waals surface area contributed by atoms with Crippen LogP contribution in [0.3, 0.4) is 0 Å². The number of anilines is 1. The fourth-order valence-electron chi connectivity index (χ4n) is 3.28. The summed E-state index contributed by atoms with van der Waals surface area (Å²) in [7, 11) is 0. The number of rotatable bonds is 7. The van der Waals surface area contributed by atoms with Crippen LogP contribution in [0.1, 0.15) is 37.7 Å². The van der Waals surface area contributed by atoms with Gasteiger partial charge in [0, 0.05) is 44.2 Å². The molecule has 0 spiro atoms. The highest BCUT2D eigenvalue weighted by atomic mass is 19.4. The van der Waals surface area contributed by atoms with Crippen LogP contribution < -0.4 is 10.6 Å². The first-order valence-electron chi connectivity index (χ1n) is 9.68. The Hall–Kier alpha value is -2.32. The van der Waals surface area contributed by atoms with Crippen molar-refractivity contribution in [2.45, 2.75) is 38.3 Å². The van der Waals surface area contributed by atoms with Crippen molar-refractivity contribution in [3.8, 4) is 0 Å². The van der Waals surface area contributed by atoms with E-state index in [1.54, 1.807) is 0 Å². The molecule has 1 saturated heterocycles. The number of nitrogens with zero attached hydrogens (tertiary/aromatic N) is 2. The predicted octanol–water partition coefficient (Wildman–Crippen LogP) is 2.67. The molecule has 2 fully saturated rings. The van der Waals surface area contributed by atoms with Crippen molar-refractivity contribution in [1.82, 2.24) is 15.2 Å². The smallest absolute Gasteiger partial charge is 0.370 e. The normalized spacial score (nSPS) is 18.0. The number of carbonyl (C=O) groups is 2. The lowest BCUT2D eigenvalue weighted by atomic mass is 9.95. The number of amides is 2. The lowest BCUT2D eigenvalue weighted by Gasteiger charge is -2.31. The maximum atomic E-state index is 12.5. The molecule has 0 bridgehead atoms. The molecule has 6 nitrogen and oxygen atoms in total. The van der Waals surface area contributed by atoms with Gasteiger partial charge in [0.25, 0.3) is 0 Å². The topological polar surface area (TPSA) is 74.3 Å². The first-order chi connectivity index (χ1) is 13.3. The van der Waals surface area contributed by atoms with Gasteiger partial charge in [-0.3, -0.25) is 9.59 Å². The molecular weight excluding hydrogens is 373 g/mol. The number of hydrogen-bond donors (Lipinski definition) is 2. The second kappa shape index (κ2) is 8.79. The molecule has 2 N–H and O–H groups in total. The summed E-state index contributed by atoms with van der Waals surface area (Å²) in [6.45, 7) is 2.27. The fourth-order valence-corrected chi connectivity index (χ4v) is 3.28. The maximum absolute atomic E-state index is 12.5. The van der Waals surface area contributed by atoms with Gasteiger partial charge in [-0.1, -0.05) is 0 Å². The second-order valence-electron chi connectivity index (χ2n) is 7.38. The Balaban J connectivity index is 1.29. The van der Waals surface area contributed by atoms with Gasteiger partial charge in [-0.15, -0.1) is 0 Å². The summed E-state index contributed by atoms with van der Waals surface area (Å²) < 4.78 is 37.4. The van der Waals surface area contributed by atoms with Crippen molar-refractivity contribution >= 4 is 17.6 Å². The van der Waals surface area contributed by atoms with Crippen LogP contribution in [0.2, 0.25) is 0 Å². The number of hydrogen-bond acceptors (Lipinski definition) is 4. The van der Waals surface area contributed by atoms with Crippen molar-refractivity contribution < 1.29 is 22.8 Å². The van der Waals surface area contributed by atoms with E-state index < -0.39 is 11.7 Å². The minimum absolute atomic E-state index is 0.00572. The average molecular weight is 398 g/mol. The molecule has 1 aromatic heterocycles. The number of alkyl halides is 3. The largest absolute Gasteiger partial charge is 0.417 e. The van der Waals surface area contributed by atoms with E-state index in [4.69, 9.17) is 0 Å². The Labute approximate surface area is 161 Å². The predicted molar refractivity (Wildman–Crippen MR) is 97.4 cm³/mol. The molecule has 154 valence electrons. The maximum Gasteiger partial charge on any atom is 0.417 e. The van der Waals surface area contributed by atoms with Gasteiger partial charge >= 0.3 is 6.18 Å². The summed E-state index contributed by atoms with van der Waals surface area (Å²) >= 11 is 0. The Morgan fingerprint density at radius 3 is 2.36 bits per heavy atom. The number of nitrogens with one attached hydrogen (secondary N) is 2. The summed E-state index contributed by atoms with van der Waals surface area (Å²) in [4.78, 5) is 29.9. The van der Waals surface area contributed by atoms with E-state index in [9.17, 15) is 22.8 Å². The molecule has 9 heteroatoms. The highest BCUT2D eigenvalue weighted by Gasteiger charge is 2.36. The summed E-state index contributed by atoms with van der Waals surface area (Å²) in [6.07, 6.45) is 0.412. The van der Waals surface area contributed by atoms with Gasteiger partial charge in [-0.05, 0) is 44.2 Å². The molecule has 0 radical (unpaired) electrons. The molecule has 1 saturated carbocycles. The molecule has 1 aliphatic carbocycles. The van der Waals surface area contributed by atoms with E-state index in [0.717, 1.165) is 25.1 Å². The van der Waals surface area contributed by atoms with Crippen molar-refractivity contribution in [3.63, 3.8) is 0 Å². The summed E-state index contributed by atoms with van der Waals surface area (Å²) in [5.41, 5.74) is -0.782. The van der Waals surface area contributed by atoms with E-state index in [2.05, 4.69) is 15.6 Å². The van der Waals surface area contributed by atoms with E-state index in [-0.39, 0.29) is 23.7 Å². The summed E-state index contributed by atoms with van der Waals surface area (Å²) in [5.74, 6) is 0.768. The first-order valence-corrected chi connectivity index (χ1v) is 9.68. The van der Waals surface area contributed by atoms with Gasteiger partial charge in [-0.2, -0.15) is 13.2 Å². The minimum atomic E-state index is -4.39. The molecule has 0 atom stereocenters. The van der Waals surface area contributed by atoms with Gasteiger partial charge in [0.05, 0.1) is 5.56 Å².